The standard InChI is InChI=1S/C16H15BrN4O2S/c1-10(13-7-4-8-23-13)18-14(22)9-24-16-19-15(20-21-16)11-5-2-3-6-12(11)17/h2-8,10H,9H2,1H3,(H,18,22)(H,19,20,21)/t10-/m1/s1. The highest BCUT2D eigenvalue weighted by Gasteiger charge is 2.14. The van der Waals surface area contributed by atoms with Gasteiger partial charge in [0.1, 0.15) is 5.76 Å². The highest BCUT2D eigenvalue weighted by Crippen LogP contribution is 2.26. The molecule has 0 aliphatic rings. The zero-order valence-corrected chi connectivity index (χ0v) is 15.2. The van der Waals surface area contributed by atoms with Gasteiger partial charge < -0.3 is 9.73 Å². The van der Waals surface area contributed by atoms with Gasteiger partial charge in [-0.15, -0.1) is 5.10 Å². The Labute approximate surface area is 151 Å². The molecule has 0 aliphatic heterocycles. The fraction of sp³-hybridized carbons (Fsp3) is 0.188. The average Bonchev–Trinajstić information content (AvgIpc) is 3.25. The molecule has 1 atom stereocenters. The monoisotopic (exact) mass is 406 g/mol. The van der Waals surface area contributed by atoms with E-state index in [0.29, 0.717) is 11.0 Å². The Balaban J connectivity index is 1.56. The molecule has 0 fully saturated rings. The molecule has 8 heteroatoms. The lowest BCUT2D eigenvalue weighted by Crippen LogP contribution is -2.27. The predicted molar refractivity (Wildman–Crippen MR) is 95.5 cm³/mol. The van der Waals surface area contributed by atoms with E-state index in [-0.39, 0.29) is 17.7 Å². The van der Waals surface area contributed by atoms with E-state index in [9.17, 15) is 4.79 Å². The number of aromatic amines is 1. The highest BCUT2D eigenvalue weighted by molar-refractivity contribution is 9.10. The summed E-state index contributed by atoms with van der Waals surface area (Å²) in [7, 11) is 0. The minimum Gasteiger partial charge on any atom is -0.467 e. The van der Waals surface area contributed by atoms with Crippen molar-refractivity contribution in [2.45, 2.75) is 18.1 Å². The van der Waals surface area contributed by atoms with E-state index in [1.54, 1.807) is 12.3 Å². The first kappa shape index (κ1) is 16.8. The van der Waals surface area contributed by atoms with Crippen LogP contribution in [0.1, 0.15) is 18.7 Å². The normalized spacial score (nSPS) is 12.1. The number of benzene rings is 1. The molecule has 3 rings (SSSR count). The second-order valence-corrected chi connectivity index (χ2v) is 6.84. The van der Waals surface area contributed by atoms with Gasteiger partial charge in [-0.05, 0) is 25.1 Å². The maximum absolute atomic E-state index is 12.0. The Kier molecular flexibility index (Phi) is 5.37. The zero-order chi connectivity index (χ0) is 16.9. The van der Waals surface area contributed by atoms with Gasteiger partial charge in [0, 0.05) is 10.0 Å². The van der Waals surface area contributed by atoms with Crippen molar-refractivity contribution in [2.75, 3.05) is 5.75 Å². The summed E-state index contributed by atoms with van der Waals surface area (Å²) in [6.07, 6.45) is 1.59. The zero-order valence-electron chi connectivity index (χ0n) is 12.8. The molecule has 0 aliphatic carbocycles. The number of carbonyl (C=O) groups is 1. The number of rotatable bonds is 6. The van der Waals surface area contributed by atoms with Crippen LogP contribution in [-0.2, 0) is 4.79 Å². The van der Waals surface area contributed by atoms with E-state index < -0.39 is 0 Å². The van der Waals surface area contributed by atoms with Crippen molar-refractivity contribution in [1.82, 2.24) is 20.5 Å². The number of nitrogens with one attached hydrogen (secondary N) is 2. The molecule has 3 aromatic rings. The average molecular weight is 407 g/mol. The van der Waals surface area contributed by atoms with Crippen molar-refractivity contribution in [3.05, 3.63) is 52.9 Å². The first-order valence-electron chi connectivity index (χ1n) is 7.26. The Morgan fingerprint density at radius 1 is 1.38 bits per heavy atom. The van der Waals surface area contributed by atoms with Crippen LogP contribution < -0.4 is 5.32 Å². The second kappa shape index (κ2) is 7.67. The van der Waals surface area contributed by atoms with Crippen LogP contribution in [0.4, 0.5) is 0 Å². The highest BCUT2D eigenvalue weighted by atomic mass is 79.9. The minimum atomic E-state index is -0.170. The molecule has 0 radical (unpaired) electrons. The minimum absolute atomic E-state index is 0.101. The molecular weight excluding hydrogens is 392 g/mol. The van der Waals surface area contributed by atoms with Crippen LogP contribution in [0.3, 0.4) is 0 Å². The van der Waals surface area contributed by atoms with Gasteiger partial charge in [-0.1, -0.05) is 45.9 Å². The van der Waals surface area contributed by atoms with Crippen LogP contribution in [0.25, 0.3) is 11.4 Å². The topological polar surface area (TPSA) is 83.8 Å². The maximum atomic E-state index is 12.0. The molecule has 0 saturated heterocycles. The van der Waals surface area contributed by atoms with Crippen LogP contribution in [0, 0.1) is 0 Å². The SMILES string of the molecule is C[C@@H](NC(=O)CSc1n[nH]c(-c2ccccc2Br)n1)c1ccco1. The summed E-state index contributed by atoms with van der Waals surface area (Å²) in [5, 5.41) is 10.4. The summed E-state index contributed by atoms with van der Waals surface area (Å²) in [5.74, 6) is 1.52. The summed E-state index contributed by atoms with van der Waals surface area (Å²) in [6, 6.07) is 11.2. The van der Waals surface area contributed by atoms with Crippen molar-refractivity contribution >= 4 is 33.6 Å². The molecule has 2 aromatic heterocycles. The van der Waals surface area contributed by atoms with Crippen molar-refractivity contribution < 1.29 is 9.21 Å². The van der Waals surface area contributed by atoms with E-state index in [1.807, 2.05) is 37.3 Å². The van der Waals surface area contributed by atoms with Gasteiger partial charge in [0.15, 0.2) is 5.82 Å². The molecule has 0 bridgehead atoms. The first-order valence-corrected chi connectivity index (χ1v) is 9.04. The van der Waals surface area contributed by atoms with E-state index in [0.717, 1.165) is 15.8 Å². The Bertz CT molecular complexity index is 819. The predicted octanol–water partition coefficient (Wildman–Crippen LogP) is 3.80. The van der Waals surface area contributed by atoms with Gasteiger partial charge in [-0.2, -0.15) is 0 Å². The number of furan rings is 1. The summed E-state index contributed by atoms with van der Waals surface area (Å²) < 4.78 is 6.20. The van der Waals surface area contributed by atoms with Crippen LogP contribution >= 0.6 is 27.7 Å². The third kappa shape index (κ3) is 4.07. The number of amides is 1. The molecule has 1 aromatic carbocycles. The van der Waals surface area contributed by atoms with Crippen LogP contribution in [0.2, 0.25) is 0 Å². The second-order valence-electron chi connectivity index (χ2n) is 5.04. The van der Waals surface area contributed by atoms with Gasteiger partial charge >= 0.3 is 0 Å². The Morgan fingerprint density at radius 3 is 2.96 bits per heavy atom. The largest absolute Gasteiger partial charge is 0.467 e. The number of hydrogen-bond donors (Lipinski definition) is 2. The Morgan fingerprint density at radius 2 is 2.21 bits per heavy atom. The van der Waals surface area contributed by atoms with Crippen LogP contribution in [0.15, 0.2) is 56.7 Å². The fourth-order valence-electron chi connectivity index (χ4n) is 2.11. The molecule has 2 heterocycles. The van der Waals surface area contributed by atoms with E-state index >= 15 is 0 Å². The molecule has 0 spiro atoms. The number of carbonyl (C=O) groups excluding carboxylic acids is 1. The van der Waals surface area contributed by atoms with Gasteiger partial charge in [0.05, 0.1) is 18.1 Å². The van der Waals surface area contributed by atoms with Gasteiger partial charge in [0.25, 0.3) is 0 Å². The number of halogens is 1. The summed E-state index contributed by atoms with van der Waals surface area (Å²) in [4.78, 5) is 16.4. The lowest BCUT2D eigenvalue weighted by atomic mass is 10.2. The quantitative estimate of drug-likeness (QED) is 0.608. The molecule has 6 nitrogen and oxygen atoms in total. The summed E-state index contributed by atoms with van der Waals surface area (Å²) >= 11 is 4.76. The molecular formula is C16H15BrN4O2S. The number of thioether (sulfide) groups is 1. The summed E-state index contributed by atoms with van der Waals surface area (Å²) in [6.45, 7) is 1.87. The van der Waals surface area contributed by atoms with Crippen LogP contribution in [-0.4, -0.2) is 26.8 Å². The molecule has 24 heavy (non-hydrogen) atoms. The van der Waals surface area contributed by atoms with Gasteiger partial charge in [-0.25, -0.2) is 4.98 Å². The van der Waals surface area contributed by atoms with Gasteiger partial charge in [0.2, 0.25) is 11.1 Å². The summed E-state index contributed by atoms with van der Waals surface area (Å²) in [5.41, 5.74) is 0.924. The molecule has 0 saturated carbocycles. The van der Waals surface area contributed by atoms with Crippen molar-refractivity contribution in [3.63, 3.8) is 0 Å². The first-order chi connectivity index (χ1) is 11.6. The molecule has 1 amide bonds. The number of aromatic nitrogens is 3. The van der Waals surface area contributed by atoms with Crippen molar-refractivity contribution in [1.29, 1.82) is 0 Å². The van der Waals surface area contributed by atoms with Gasteiger partial charge in [-0.3, -0.25) is 9.89 Å². The van der Waals surface area contributed by atoms with Crippen molar-refractivity contribution in [2.24, 2.45) is 0 Å². The third-order valence-corrected chi connectivity index (χ3v) is 4.81. The molecule has 0 unspecified atom stereocenters. The third-order valence-electron chi connectivity index (χ3n) is 3.27. The maximum Gasteiger partial charge on any atom is 0.231 e. The smallest absolute Gasteiger partial charge is 0.231 e. The number of H-pyrrole nitrogens is 1. The van der Waals surface area contributed by atoms with Crippen LogP contribution in [0.5, 0.6) is 0 Å². The fourth-order valence-corrected chi connectivity index (χ4v) is 3.19. The number of nitrogens with zero attached hydrogens (tertiary/aromatic N) is 2. The van der Waals surface area contributed by atoms with Crippen molar-refractivity contribution in [3.8, 4) is 11.4 Å². The molecule has 2 N–H and O–H groups in total. The van der Waals surface area contributed by atoms with E-state index in [4.69, 9.17) is 4.42 Å². The number of hydrogen-bond acceptors (Lipinski definition) is 5. The Hall–Kier alpha value is -2.06. The molecule has 124 valence electrons. The lowest BCUT2D eigenvalue weighted by molar-refractivity contribution is -0.119. The lowest BCUT2D eigenvalue weighted by Gasteiger charge is -2.10. The van der Waals surface area contributed by atoms with E-state index in [1.165, 1.54) is 11.8 Å². The van der Waals surface area contributed by atoms with E-state index in [2.05, 4.69) is 36.4 Å².